The lowest BCUT2D eigenvalue weighted by atomic mass is 9.81. The lowest BCUT2D eigenvalue weighted by Crippen LogP contribution is -2.33. The molecular weight excluding hydrogens is 395 g/mol. The van der Waals surface area contributed by atoms with Crippen LogP contribution in [0.1, 0.15) is 44.2 Å². The van der Waals surface area contributed by atoms with Crippen LogP contribution < -0.4 is 10.2 Å². The molecule has 0 aromatic heterocycles. The van der Waals surface area contributed by atoms with Gasteiger partial charge in [-0.3, -0.25) is 9.59 Å². The third-order valence-electron chi connectivity index (χ3n) is 5.96. The number of anilines is 2. The maximum Gasteiger partial charge on any atom is 0.237 e. The lowest BCUT2D eigenvalue weighted by Gasteiger charge is -2.34. The summed E-state index contributed by atoms with van der Waals surface area (Å²) >= 11 is 12.7. The van der Waals surface area contributed by atoms with Crippen LogP contribution in [-0.4, -0.2) is 17.9 Å². The second-order valence-electron chi connectivity index (χ2n) is 7.83. The molecule has 6 heteroatoms. The molecule has 0 radical (unpaired) electrons. The Bertz CT molecular complexity index is 955. The van der Waals surface area contributed by atoms with E-state index in [9.17, 15) is 9.59 Å². The van der Waals surface area contributed by atoms with E-state index in [0.717, 1.165) is 23.2 Å². The Morgan fingerprint density at radius 1 is 0.964 bits per heavy atom. The normalized spacial score (nSPS) is 27.0. The van der Waals surface area contributed by atoms with Gasteiger partial charge in [0.2, 0.25) is 11.8 Å². The Hall–Kier alpha value is -2.04. The fraction of sp³-hybridized carbons (Fsp3) is 0.364. The summed E-state index contributed by atoms with van der Waals surface area (Å²) in [6.45, 7) is 5.73. The minimum atomic E-state index is -0.316. The van der Waals surface area contributed by atoms with Crippen molar-refractivity contribution in [2.24, 2.45) is 11.8 Å². The van der Waals surface area contributed by atoms with E-state index in [0.29, 0.717) is 15.7 Å². The molecule has 2 aliphatic rings. The van der Waals surface area contributed by atoms with Crippen LogP contribution in [0.4, 0.5) is 11.4 Å². The van der Waals surface area contributed by atoms with Gasteiger partial charge < -0.3 is 5.32 Å². The average molecular weight is 417 g/mol. The van der Waals surface area contributed by atoms with Gasteiger partial charge in [0, 0.05) is 28.8 Å². The van der Waals surface area contributed by atoms with Crippen LogP contribution in [0.3, 0.4) is 0 Å². The van der Waals surface area contributed by atoms with Gasteiger partial charge >= 0.3 is 0 Å². The zero-order chi connectivity index (χ0) is 20.2. The first-order valence-electron chi connectivity index (χ1n) is 9.51. The molecule has 0 saturated carbocycles. The topological polar surface area (TPSA) is 49.4 Å². The number of nitrogens with zero attached hydrogens (tertiary/aromatic N) is 1. The Labute approximate surface area is 174 Å². The van der Waals surface area contributed by atoms with E-state index < -0.39 is 0 Å². The predicted molar refractivity (Wildman–Crippen MR) is 113 cm³/mol. The SMILES string of the molecule is C[C@@H]1CC(c2ccccc2N2C(=O)[C@@H](C)[C@@H](C)C2=O)c2cc(Cl)cc(Cl)c2N1. The highest BCUT2D eigenvalue weighted by Crippen LogP contribution is 2.46. The van der Waals surface area contributed by atoms with Crippen molar-refractivity contribution in [3.05, 3.63) is 57.6 Å². The van der Waals surface area contributed by atoms with Crippen LogP contribution in [0.5, 0.6) is 0 Å². The summed E-state index contributed by atoms with van der Waals surface area (Å²) in [4.78, 5) is 27.0. The highest BCUT2D eigenvalue weighted by molar-refractivity contribution is 6.36. The van der Waals surface area contributed by atoms with E-state index in [1.165, 1.54) is 4.90 Å². The number of para-hydroxylation sites is 1. The van der Waals surface area contributed by atoms with Crippen molar-refractivity contribution in [1.29, 1.82) is 0 Å². The standard InChI is InChI=1S/C22H22Cl2N2O2/c1-11-8-16(17-9-14(23)10-18(24)20(17)25-11)15-6-4-5-7-19(15)26-21(27)12(2)13(3)22(26)28/h4-7,9-13,16,25H,8H2,1-3H3/t11-,12-,13+,16?/m1/s1. The first-order chi connectivity index (χ1) is 13.3. The summed E-state index contributed by atoms with van der Waals surface area (Å²) in [5.74, 6) is -0.939. The molecule has 146 valence electrons. The molecule has 1 saturated heterocycles. The molecule has 2 aliphatic heterocycles. The molecule has 0 bridgehead atoms. The first-order valence-corrected chi connectivity index (χ1v) is 10.3. The summed E-state index contributed by atoms with van der Waals surface area (Å²) < 4.78 is 0. The number of amides is 2. The number of rotatable bonds is 2. The Kier molecular flexibility index (Phi) is 4.88. The van der Waals surface area contributed by atoms with Gasteiger partial charge in [-0.1, -0.05) is 55.2 Å². The molecule has 2 heterocycles. The van der Waals surface area contributed by atoms with Gasteiger partial charge in [-0.05, 0) is 42.7 Å². The van der Waals surface area contributed by atoms with E-state index in [-0.39, 0.29) is 35.6 Å². The Morgan fingerprint density at radius 2 is 1.61 bits per heavy atom. The fourth-order valence-electron chi connectivity index (χ4n) is 4.27. The van der Waals surface area contributed by atoms with Gasteiger partial charge in [0.25, 0.3) is 0 Å². The molecule has 4 rings (SSSR count). The lowest BCUT2D eigenvalue weighted by molar-refractivity contribution is -0.122. The smallest absolute Gasteiger partial charge is 0.237 e. The van der Waals surface area contributed by atoms with Gasteiger partial charge in [0.05, 0.1) is 16.4 Å². The van der Waals surface area contributed by atoms with Crippen LogP contribution in [0, 0.1) is 11.8 Å². The average Bonchev–Trinajstić information content (AvgIpc) is 2.85. The van der Waals surface area contributed by atoms with Gasteiger partial charge in [-0.25, -0.2) is 4.90 Å². The van der Waals surface area contributed by atoms with Crippen molar-refractivity contribution in [3.63, 3.8) is 0 Å². The molecule has 0 spiro atoms. The Balaban J connectivity index is 1.87. The van der Waals surface area contributed by atoms with Crippen molar-refractivity contribution >= 4 is 46.4 Å². The number of hydrogen-bond acceptors (Lipinski definition) is 3. The molecule has 4 atom stereocenters. The molecule has 28 heavy (non-hydrogen) atoms. The maximum atomic E-state index is 12.8. The number of nitrogens with one attached hydrogen (secondary N) is 1. The van der Waals surface area contributed by atoms with Crippen LogP contribution in [-0.2, 0) is 9.59 Å². The van der Waals surface area contributed by atoms with E-state index in [1.807, 2.05) is 44.2 Å². The van der Waals surface area contributed by atoms with Gasteiger partial charge in [-0.15, -0.1) is 0 Å². The molecule has 2 aromatic carbocycles. The quantitative estimate of drug-likeness (QED) is 0.659. The maximum absolute atomic E-state index is 12.8. The highest BCUT2D eigenvalue weighted by Gasteiger charge is 2.44. The van der Waals surface area contributed by atoms with E-state index in [2.05, 4.69) is 12.2 Å². The number of imide groups is 1. The van der Waals surface area contributed by atoms with E-state index >= 15 is 0 Å². The van der Waals surface area contributed by atoms with Gasteiger partial charge in [-0.2, -0.15) is 0 Å². The van der Waals surface area contributed by atoms with Gasteiger partial charge in [0.15, 0.2) is 0 Å². The Morgan fingerprint density at radius 3 is 2.29 bits per heavy atom. The zero-order valence-electron chi connectivity index (χ0n) is 16.0. The molecular formula is C22H22Cl2N2O2. The summed E-state index contributed by atoms with van der Waals surface area (Å²) in [6, 6.07) is 11.5. The first kappa shape index (κ1) is 19.3. The molecule has 1 fully saturated rings. The fourth-order valence-corrected chi connectivity index (χ4v) is 4.83. The minimum Gasteiger partial charge on any atom is -0.381 e. The van der Waals surface area contributed by atoms with Crippen LogP contribution in [0.2, 0.25) is 10.0 Å². The van der Waals surface area contributed by atoms with Crippen LogP contribution in [0.25, 0.3) is 0 Å². The van der Waals surface area contributed by atoms with Crippen molar-refractivity contribution in [2.45, 2.75) is 39.2 Å². The summed E-state index contributed by atoms with van der Waals surface area (Å²) in [5.41, 5.74) is 3.46. The van der Waals surface area contributed by atoms with Crippen molar-refractivity contribution in [3.8, 4) is 0 Å². The molecule has 4 nitrogen and oxygen atoms in total. The second-order valence-corrected chi connectivity index (χ2v) is 8.68. The molecule has 1 N–H and O–H groups in total. The third-order valence-corrected chi connectivity index (χ3v) is 6.48. The molecule has 2 amide bonds. The van der Waals surface area contributed by atoms with E-state index in [4.69, 9.17) is 23.2 Å². The number of carbonyl (C=O) groups is 2. The molecule has 1 unspecified atom stereocenters. The summed E-state index contributed by atoms with van der Waals surface area (Å²) in [7, 11) is 0. The van der Waals surface area contributed by atoms with Crippen LogP contribution in [0.15, 0.2) is 36.4 Å². The number of halogens is 2. The highest BCUT2D eigenvalue weighted by atomic mass is 35.5. The minimum absolute atomic E-state index is 0.0227. The third kappa shape index (κ3) is 2.99. The van der Waals surface area contributed by atoms with Crippen molar-refractivity contribution in [2.75, 3.05) is 10.2 Å². The summed E-state index contributed by atoms with van der Waals surface area (Å²) in [5, 5.41) is 4.58. The molecule has 0 aliphatic carbocycles. The van der Waals surface area contributed by atoms with Crippen molar-refractivity contribution in [1.82, 2.24) is 0 Å². The molecule has 2 aromatic rings. The second kappa shape index (κ2) is 7.09. The predicted octanol–water partition coefficient (Wildman–Crippen LogP) is 5.47. The largest absolute Gasteiger partial charge is 0.381 e. The monoisotopic (exact) mass is 416 g/mol. The van der Waals surface area contributed by atoms with Crippen LogP contribution >= 0.6 is 23.2 Å². The number of carbonyl (C=O) groups excluding carboxylic acids is 2. The van der Waals surface area contributed by atoms with Gasteiger partial charge in [0.1, 0.15) is 0 Å². The number of fused-ring (bicyclic) bond motifs is 1. The number of benzene rings is 2. The van der Waals surface area contributed by atoms with E-state index in [1.54, 1.807) is 6.07 Å². The number of hydrogen-bond donors (Lipinski definition) is 1. The zero-order valence-corrected chi connectivity index (χ0v) is 17.5. The van der Waals surface area contributed by atoms with Crippen molar-refractivity contribution < 1.29 is 9.59 Å². The summed E-state index contributed by atoms with van der Waals surface area (Å²) in [6.07, 6.45) is 0.808.